The van der Waals surface area contributed by atoms with Gasteiger partial charge in [0, 0.05) is 12.7 Å². The molecule has 0 aliphatic carbocycles. The molecule has 0 N–H and O–H groups in total. The summed E-state index contributed by atoms with van der Waals surface area (Å²) in [6.45, 7) is 2.78. The smallest absolute Gasteiger partial charge is 0.244 e. The lowest BCUT2D eigenvalue weighted by Crippen LogP contribution is -2.37. The molecule has 5 heteroatoms. The lowest BCUT2D eigenvalue weighted by atomic mass is 10.2. The standard InChI is InChI=1S/C11H14FN3O/c1-9-5-13-15(6-9)8-11(16)14-4-2-3-10(12)7-14/h3,5-6H,2,4,7-8H2,1H3. The van der Waals surface area contributed by atoms with Crippen molar-refractivity contribution >= 4 is 5.91 Å². The maximum atomic E-state index is 13.0. The Bertz CT molecular complexity index is 425. The van der Waals surface area contributed by atoms with Gasteiger partial charge in [-0.25, -0.2) is 4.39 Å². The van der Waals surface area contributed by atoms with Crippen LogP contribution in [0.2, 0.25) is 0 Å². The second-order valence-electron chi connectivity index (χ2n) is 3.97. The summed E-state index contributed by atoms with van der Waals surface area (Å²) in [4.78, 5) is 13.3. The molecule has 0 fully saturated rings. The van der Waals surface area contributed by atoms with Gasteiger partial charge in [0.05, 0.1) is 12.7 Å². The van der Waals surface area contributed by atoms with E-state index in [4.69, 9.17) is 0 Å². The zero-order chi connectivity index (χ0) is 11.5. The van der Waals surface area contributed by atoms with Crippen LogP contribution in [0.3, 0.4) is 0 Å². The van der Waals surface area contributed by atoms with Crippen LogP contribution in [0.1, 0.15) is 12.0 Å². The van der Waals surface area contributed by atoms with E-state index in [2.05, 4.69) is 5.10 Å². The molecule has 0 radical (unpaired) electrons. The summed E-state index contributed by atoms with van der Waals surface area (Å²) in [7, 11) is 0. The van der Waals surface area contributed by atoms with E-state index in [1.165, 1.54) is 11.0 Å². The number of hydrogen-bond donors (Lipinski definition) is 0. The lowest BCUT2D eigenvalue weighted by Gasteiger charge is -2.24. The average molecular weight is 223 g/mol. The van der Waals surface area contributed by atoms with E-state index >= 15 is 0 Å². The molecule has 0 saturated carbocycles. The molecule has 4 nitrogen and oxygen atoms in total. The first-order valence-electron chi connectivity index (χ1n) is 5.26. The van der Waals surface area contributed by atoms with E-state index in [1.54, 1.807) is 17.1 Å². The van der Waals surface area contributed by atoms with Gasteiger partial charge in [0.1, 0.15) is 12.4 Å². The SMILES string of the molecule is Cc1cnn(CC(=O)N2CCC=C(F)C2)c1. The molecule has 16 heavy (non-hydrogen) atoms. The number of aryl methyl sites for hydroxylation is 1. The first-order valence-corrected chi connectivity index (χ1v) is 5.26. The third-order valence-corrected chi connectivity index (χ3v) is 2.52. The van der Waals surface area contributed by atoms with Gasteiger partial charge < -0.3 is 4.90 Å². The van der Waals surface area contributed by atoms with Gasteiger partial charge in [-0.05, 0) is 25.0 Å². The topological polar surface area (TPSA) is 38.1 Å². The quantitative estimate of drug-likeness (QED) is 0.757. The van der Waals surface area contributed by atoms with Gasteiger partial charge in [-0.2, -0.15) is 5.10 Å². The molecular weight excluding hydrogens is 209 g/mol. The Labute approximate surface area is 93.3 Å². The number of carbonyl (C=O) groups excluding carboxylic acids is 1. The molecule has 1 aliphatic rings. The second kappa shape index (κ2) is 4.47. The number of amides is 1. The third-order valence-electron chi connectivity index (χ3n) is 2.52. The van der Waals surface area contributed by atoms with Gasteiger partial charge in [-0.1, -0.05) is 0 Å². The van der Waals surface area contributed by atoms with Crippen molar-refractivity contribution in [1.29, 1.82) is 0 Å². The fraction of sp³-hybridized carbons (Fsp3) is 0.455. The second-order valence-corrected chi connectivity index (χ2v) is 3.97. The molecule has 0 aromatic carbocycles. The normalized spacial score (nSPS) is 16.1. The maximum absolute atomic E-state index is 13.0. The highest BCUT2D eigenvalue weighted by atomic mass is 19.1. The summed E-state index contributed by atoms with van der Waals surface area (Å²) in [6.07, 6.45) is 5.62. The number of carbonyl (C=O) groups is 1. The zero-order valence-electron chi connectivity index (χ0n) is 9.19. The van der Waals surface area contributed by atoms with Crippen molar-refractivity contribution in [2.24, 2.45) is 0 Å². The Balaban J connectivity index is 1.96. The zero-order valence-corrected chi connectivity index (χ0v) is 9.19. The maximum Gasteiger partial charge on any atom is 0.244 e. The van der Waals surface area contributed by atoms with Crippen LogP contribution >= 0.6 is 0 Å². The van der Waals surface area contributed by atoms with Crippen molar-refractivity contribution in [1.82, 2.24) is 14.7 Å². The highest BCUT2D eigenvalue weighted by molar-refractivity contribution is 5.76. The first kappa shape index (κ1) is 10.9. The van der Waals surface area contributed by atoms with Crippen LogP contribution in [0.4, 0.5) is 4.39 Å². The van der Waals surface area contributed by atoms with E-state index in [-0.39, 0.29) is 24.8 Å². The lowest BCUT2D eigenvalue weighted by molar-refractivity contribution is -0.132. The molecule has 0 atom stereocenters. The molecule has 1 aromatic rings. The van der Waals surface area contributed by atoms with Gasteiger partial charge in [0.2, 0.25) is 5.91 Å². The van der Waals surface area contributed by atoms with Crippen molar-refractivity contribution in [2.75, 3.05) is 13.1 Å². The molecule has 1 aliphatic heterocycles. The minimum Gasteiger partial charge on any atom is -0.334 e. The molecule has 1 amide bonds. The van der Waals surface area contributed by atoms with Crippen LogP contribution in [0.25, 0.3) is 0 Å². The molecule has 86 valence electrons. The number of rotatable bonds is 2. The van der Waals surface area contributed by atoms with Crippen LogP contribution in [0.15, 0.2) is 24.3 Å². The van der Waals surface area contributed by atoms with Gasteiger partial charge >= 0.3 is 0 Å². The first-order chi connectivity index (χ1) is 7.65. The van der Waals surface area contributed by atoms with Crippen LogP contribution in [0, 0.1) is 6.92 Å². The van der Waals surface area contributed by atoms with Crippen molar-refractivity contribution < 1.29 is 9.18 Å². The highest BCUT2D eigenvalue weighted by Gasteiger charge is 2.18. The summed E-state index contributed by atoms with van der Waals surface area (Å²) < 4.78 is 14.6. The third kappa shape index (κ3) is 2.48. The predicted molar refractivity (Wildman–Crippen MR) is 57.4 cm³/mol. The van der Waals surface area contributed by atoms with Gasteiger partial charge in [-0.3, -0.25) is 9.48 Å². The van der Waals surface area contributed by atoms with Crippen molar-refractivity contribution in [3.8, 4) is 0 Å². The van der Waals surface area contributed by atoms with Crippen LogP contribution in [-0.4, -0.2) is 33.7 Å². The van der Waals surface area contributed by atoms with E-state index in [1.807, 2.05) is 6.92 Å². The summed E-state index contributed by atoms with van der Waals surface area (Å²) in [6, 6.07) is 0. The van der Waals surface area contributed by atoms with Crippen molar-refractivity contribution in [2.45, 2.75) is 19.9 Å². The van der Waals surface area contributed by atoms with Crippen LogP contribution in [0.5, 0.6) is 0 Å². The van der Waals surface area contributed by atoms with Gasteiger partial charge in [0.25, 0.3) is 0 Å². The largest absolute Gasteiger partial charge is 0.334 e. The average Bonchev–Trinajstić information content (AvgIpc) is 2.64. The summed E-state index contributed by atoms with van der Waals surface area (Å²) in [5.74, 6) is -0.317. The summed E-state index contributed by atoms with van der Waals surface area (Å²) in [5.41, 5.74) is 1.01. The molecule has 1 aromatic heterocycles. The van der Waals surface area contributed by atoms with E-state index in [0.717, 1.165) is 5.56 Å². The molecular formula is C11H14FN3O. The molecule has 0 bridgehead atoms. The number of nitrogens with zero attached hydrogens (tertiary/aromatic N) is 3. The number of aromatic nitrogens is 2. The Morgan fingerprint density at radius 1 is 1.62 bits per heavy atom. The molecule has 0 saturated heterocycles. The number of hydrogen-bond acceptors (Lipinski definition) is 2. The number of halogens is 1. The fourth-order valence-electron chi connectivity index (χ4n) is 1.71. The Hall–Kier alpha value is -1.65. The van der Waals surface area contributed by atoms with E-state index in [0.29, 0.717) is 13.0 Å². The molecule has 2 rings (SSSR count). The Morgan fingerprint density at radius 2 is 2.44 bits per heavy atom. The molecule has 2 heterocycles. The Morgan fingerprint density at radius 3 is 3.06 bits per heavy atom. The van der Waals surface area contributed by atoms with Crippen LogP contribution in [-0.2, 0) is 11.3 Å². The van der Waals surface area contributed by atoms with Crippen molar-refractivity contribution in [3.63, 3.8) is 0 Å². The molecule has 0 spiro atoms. The molecule has 0 unspecified atom stereocenters. The fourth-order valence-corrected chi connectivity index (χ4v) is 1.71. The van der Waals surface area contributed by atoms with E-state index in [9.17, 15) is 9.18 Å². The predicted octanol–water partition coefficient (Wildman–Crippen LogP) is 1.28. The van der Waals surface area contributed by atoms with Crippen LogP contribution < -0.4 is 0 Å². The minimum atomic E-state index is -0.226. The monoisotopic (exact) mass is 223 g/mol. The van der Waals surface area contributed by atoms with Gasteiger partial charge in [-0.15, -0.1) is 0 Å². The van der Waals surface area contributed by atoms with E-state index < -0.39 is 0 Å². The minimum absolute atomic E-state index is 0.0913. The summed E-state index contributed by atoms with van der Waals surface area (Å²) in [5, 5.41) is 4.03. The highest BCUT2D eigenvalue weighted by Crippen LogP contribution is 2.11. The van der Waals surface area contributed by atoms with Crippen molar-refractivity contribution in [3.05, 3.63) is 29.9 Å². The summed E-state index contributed by atoms with van der Waals surface area (Å²) >= 11 is 0. The Kier molecular flexibility index (Phi) is 3.03. The van der Waals surface area contributed by atoms with Gasteiger partial charge in [0.15, 0.2) is 0 Å².